The van der Waals surface area contributed by atoms with E-state index in [0.29, 0.717) is 12.3 Å². The second-order valence-corrected chi connectivity index (χ2v) is 6.25. The summed E-state index contributed by atoms with van der Waals surface area (Å²) in [6.07, 6.45) is 0. The van der Waals surface area contributed by atoms with Crippen molar-refractivity contribution < 1.29 is 13.2 Å². The van der Waals surface area contributed by atoms with Crippen LogP contribution in [0.1, 0.15) is 37.8 Å². The minimum absolute atomic E-state index is 0.209. The molecule has 1 rings (SSSR count). The summed E-state index contributed by atoms with van der Waals surface area (Å²) in [5.41, 5.74) is 2.06. The Labute approximate surface area is 109 Å². The molecule has 0 aliphatic rings. The van der Waals surface area contributed by atoms with Gasteiger partial charge in [-0.05, 0) is 36.1 Å². The van der Waals surface area contributed by atoms with Gasteiger partial charge in [-0.25, -0.2) is 13.1 Å². The Hall–Kier alpha value is -1.07. The van der Waals surface area contributed by atoms with Crippen molar-refractivity contribution in [2.45, 2.75) is 38.5 Å². The van der Waals surface area contributed by atoms with Crippen molar-refractivity contribution in [3.05, 3.63) is 23.3 Å². The van der Waals surface area contributed by atoms with Crippen LogP contribution in [-0.2, 0) is 10.0 Å². The van der Waals surface area contributed by atoms with Crippen LogP contribution in [0.15, 0.2) is 17.0 Å². The molecule has 1 N–H and O–H groups in total. The topological polar surface area (TPSA) is 55.4 Å². The molecule has 18 heavy (non-hydrogen) atoms. The SMILES string of the molecule is CCNS(=O)(=O)c1cc(C(C)C)c(C)cc1OC. The summed E-state index contributed by atoms with van der Waals surface area (Å²) in [4.78, 5) is 0.209. The minimum Gasteiger partial charge on any atom is -0.495 e. The quantitative estimate of drug-likeness (QED) is 0.895. The first kappa shape index (κ1) is 15.0. The van der Waals surface area contributed by atoms with Crippen LogP contribution < -0.4 is 9.46 Å². The largest absolute Gasteiger partial charge is 0.495 e. The molecule has 0 bridgehead atoms. The summed E-state index contributed by atoms with van der Waals surface area (Å²) in [5, 5.41) is 0. The molecule has 0 spiro atoms. The molecule has 1 aromatic rings. The van der Waals surface area contributed by atoms with Gasteiger partial charge in [-0.1, -0.05) is 20.8 Å². The van der Waals surface area contributed by atoms with Crippen molar-refractivity contribution in [1.29, 1.82) is 0 Å². The molecule has 4 nitrogen and oxygen atoms in total. The van der Waals surface area contributed by atoms with E-state index in [9.17, 15) is 8.42 Å². The molecule has 1 aromatic carbocycles. The first-order valence-corrected chi connectivity index (χ1v) is 7.50. The van der Waals surface area contributed by atoms with E-state index in [1.807, 2.05) is 20.8 Å². The van der Waals surface area contributed by atoms with Gasteiger partial charge in [0.25, 0.3) is 0 Å². The van der Waals surface area contributed by atoms with Crippen LogP contribution in [0.2, 0.25) is 0 Å². The van der Waals surface area contributed by atoms with Gasteiger partial charge in [0.15, 0.2) is 0 Å². The first-order chi connectivity index (χ1) is 8.33. The van der Waals surface area contributed by atoms with Crippen molar-refractivity contribution >= 4 is 10.0 Å². The second-order valence-electron chi connectivity index (χ2n) is 4.52. The normalized spacial score (nSPS) is 11.9. The lowest BCUT2D eigenvalue weighted by atomic mass is 9.98. The molecule has 5 heteroatoms. The number of methoxy groups -OCH3 is 1. The number of sulfonamides is 1. The Morgan fingerprint density at radius 2 is 1.94 bits per heavy atom. The van der Waals surface area contributed by atoms with E-state index in [1.54, 1.807) is 19.1 Å². The minimum atomic E-state index is -3.50. The number of hydrogen-bond donors (Lipinski definition) is 1. The van der Waals surface area contributed by atoms with E-state index in [1.165, 1.54) is 7.11 Å². The van der Waals surface area contributed by atoms with E-state index >= 15 is 0 Å². The Morgan fingerprint density at radius 3 is 2.39 bits per heavy atom. The van der Waals surface area contributed by atoms with Gasteiger partial charge in [-0.15, -0.1) is 0 Å². The fraction of sp³-hybridized carbons (Fsp3) is 0.538. The van der Waals surface area contributed by atoms with Crippen LogP contribution in [0.3, 0.4) is 0 Å². The molecule has 0 saturated carbocycles. The van der Waals surface area contributed by atoms with Crippen LogP contribution in [0.4, 0.5) is 0 Å². The summed E-state index contributed by atoms with van der Waals surface area (Å²) in [7, 11) is -2.02. The first-order valence-electron chi connectivity index (χ1n) is 6.01. The van der Waals surface area contributed by atoms with Crippen molar-refractivity contribution in [2.75, 3.05) is 13.7 Å². The lowest BCUT2D eigenvalue weighted by molar-refractivity contribution is 0.401. The van der Waals surface area contributed by atoms with Crippen LogP contribution in [0.5, 0.6) is 5.75 Å². The molecule has 0 fully saturated rings. The molecule has 102 valence electrons. The van der Waals surface area contributed by atoms with E-state index < -0.39 is 10.0 Å². The molecule has 0 aliphatic heterocycles. The highest BCUT2D eigenvalue weighted by Gasteiger charge is 2.21. The van der Waals surface area contributed by atoms with Crippen LogP contribution in [0.25, 0.3) is 0 Å². The van der Waals surface area contributed by atoms with Gasteiger partial charge in [-0.2, -0.15) is 0 Å². The molecule has 0 aromatic heterocycles. The van der Waals surface area contributed by atoms with Crippen LogP contribution in [0, 0.1) is 6.92 Å². The zero-order valence-corrected chi connectivity index (χ0v) is 12.4. The summed E-state index contributed by atoms with van der Waals surface area (Å²) in [5.74, 6) is 0.657. The number of nitrogens with one attached hydrogen (secondary N) is 1. The molecule has 0 radical (unpaired) electrons. The maximum absolute atomic E-state index is 12.1. The predicted octanol–water partition coefficient (Wildman–Crippen LogP) is 2.43. The van der Waals surface area contributed by atoms with Gasteiger partial charge in [0.05, 0.1) is 7.11 Å². The van der Waals surface area contributed by atoms with Gasteiger partial charge in [0.1, 0.15) is 10.6 Å². The van der Waals surface area contributed by atoms with Crippen molar-refractivity contribution in [3.8, 4) is 5.75 Å². The number of benzene rings is 1. The van der Waals surface area contributed by atoms with E-state index in [4.69, 9.17) is 4.74 Å². The fourth-order valence-electron chi connectivity index (χ4n) is 1.94. The Kier molecular flexibility index (Phi) is 4.76. The van der Waals surface area contributed by atoms with Gasteiger partial charge in [0, 0.05) is 6.54 Å². The third-order valence-corrected chi connectivity index (χ3v) is 4.36. The van der Waals surface area contributed by atoms with Crippen molar-refractivity contribution in [2.24, 2.45) is 0 Å². The van der Waals surface area contributed by atoms with Crippen molar-refractivity contribution in [1.82, 2.24) is 4.72 Å². The Bertz CT molecular complexity index is 521. The summed E-state index contributed by atoms with van der Waals surface area (Å²) < 4.78 is 31.9. The molecular formula is C13H21NO3S. The molecular weight excluding hydrogens is 250 g/mol. The van der Waals surface area contributed by atoms with Crippen molar-refractivity contribution in [3.63, 3.8) is 0 Å². The van der Waals surface area contributed by atoms with Gasteiger partial charge in [0.2, 0.25) is 10.0 Å². The number of rotatable bonds is 5. The van der Waals surface area contributed by atoms with Crippen LogP contribution in [-0.4, -0.2) is 22.1 Å². The molecule has 0 atom stereocenters. The zero-order chi connectivity index (χ0) is 13.9. The highest BCUT2D eigenvalue weighted by Crippen LogP contribution is 2.30. The maximum Gasteiger partial charge on any atom is 0.244 e. The third-order valence-electron chi connectivity index (χ3n) is 2.80. The maximum atomic E-state index is 12.1. The molecule has 0 saturated heterocycles. The van der Waals surface area contributed by atoms with E-state index in [0.717, 1.165) is 11.1 Å². The smallest absolute Gasteiger partial charge is 0.244 e. The summed E-state index contributed by atoms with van der Waals surface area (Å²) in [6, 6.07) is 3.48. The molecule has 0 aliphatic carbocycles. The predicted molar refractivity (Wildman–Crippen MR) is 72.7 cm³/mol. The molecule has 0 unspecified atom stereocenters. The van der Waals surface area contributed by atoms with E-state index in [-0.39, 0.29) is 10.8 Å². The van der Waals surface area contributed by atoms with Gasteiger partial charge < -0.3 is 4.74 Å². The summed E-state index contributed by atoms with van der Waals surface area (Å²) in [6.45, 7) is 8.15. The standard InChI is InChI=1S/C13H21NO3S/c1-6-14-18(15,16)13-8-11(9(2)3)10(4)7-12(13)17-5/h7-9,14H,6H2,1-5H3. The second kappa shape index (κ2) is 5.71. The summed E-state index contributed by atoms with van der Waals surface area (Å²) >= 11 is 0. The average molecular weight is 271 g/mol. The average Bonchev–Trinajstić information content (AvgIpc) is 2.27. The monoisotopic (exact) mass is 271 g/mol. The lowest BCUT2D eigenvalue weighted by Crippen LogP contribution is -2.24. The zero-order valence-electron chi connectivity index (χ0n) is 11.6. The molecule has 0 heterocycles. The van der Waals surface area contributed by atoms with Crippen LogP contribution >= 0.6 is 0 Å². The van der Waals surface area contributed by atoms with Gasteiger partial charge in [-0.3, -0.25) is 0 Å². The number of aryl methyl sites for hydroxylation is 1. The highest BCUT2D eigenvalue weighted by molar-refractivity contribution is 7.89. The Balaban J connectivity index is 3.46. The van der Waals surface area contributed by atoms with Gasteiger partial charge >= 0.3 is 0 Å². The molecule has 0 amide bonds. The Morgan fingerprint density at radius 1 is 1.33 bits per heavy atom. The highest BCUT2D eigenvalue weighted by atomic mass is 32.2. The van der Waals surface area contributed by atoms with E-state index in [2.05, 4.69) is 4.72 Å². The number of hydrogen-bond acceptors (Lipinski definition) is 3. The third kappa shape index (κ3) is 3.03. The number of ether oxygens (including phenoxy) is 1. The lowest BCUT2D eigenvalue weighted by Gasteiger charge is -2.16. The fourth-order valence-corrected chi connectivity index (χ4v) is 3.16.